The molecule has 5 heteroatoms. The highest BCUT2D eigenvalue weighted by atomic mass is 32.2. The summed E-state index contributed by atoms with van der Waals surface area (Å²) < 4.78 is 0. The lowest BCUT2D eigenvalue weighted by atomic mass is 9.75. The van der Waals surface area contributed by atoms with Gasteiger partial charge in [-0.25, -0.2) is 0 Å². The van der Waals surface area contributed by atoms with Crippen LogP contribution in [0.1, 0.15) is 38.5 Å². The van der Waals surface area contributed by atoms with Crippen molar-refractivity contribution in [2.45, 2.75) is 38.5 Å². The molecule has 1 amide bonds. The number of thioether (sulfide) groups is 1. The Morgan fingerprint density at radius 2 is 2.11 bits per heavy atom. The molecule has 1 heterocycles. The number of carbonyl (C=O) groups excluding carboxylic acids is 1. The van der Waals surface area contributed by atoms with Gasteiger partial charge in [0.25, 0.3) is 0 Å². The Labute approximate surface area is 120 Å². The van der Waals surface area contributed by atoms with Gasteiger partial charge in [-0.15, -0.1) is 0 Å². The molecule has 1 aliphatic heterocycles. The van der Waals surface area contributed by atoms with Gasteiger partial charge in [-0.3, -0.25) is 9.79 Å². The van der Waals surface area contributed by atoms with Crippen molar-refractivity contribution in [1.82, 2.24) is 10.2 Å². The molecule has 4 nitrogen and oxygen atoms in total. The van der Waals surface area contributed by atoms with Crippen molar-refractivity contribution >= 4 is 22.8 Å². The number of hydrogen-bond donors (Lipinski definition) is 1. The summed E-state index contributed by atoms with van der Waals surface area (Å²) in [4.78, 5) is 17.8. The molecular weight excluding hydrogens is 258 g/mol. The Morgan fingerprint density at radius 1 is 1.37 bits per heavy atom. The summed E-state index contributed by atoms with van der Waals surface area (Å²) in [6.45, 7) is 1.67. The molecule has 1 aliphatic carbocycles. The summed E-state index contributed by atoms with van der Waals surface area (Å²) in [6.07, 6.45) is 7.36. The van der Waals surface area contributed by atoms with E-state index in [4.69, 9.17) is 4.99 Å². The molecule has 1 N–H and O–H groups in total. The zero-order valence-electron chi connectivity index (χ0n) is 12.1. The van der Waals surface area contributed by atoms with Crippen molar-refractivity contribution in [3.8, 4) is 0 Å². The summed E-state index contributed by atoms with van der Waals surface area (Å²) in [6, 6.07) is 0. The third-order valence-corrected chi connectivity index (χ3v) is 5.40. The Kier molecular flexibility index (Phi) is 5.13. The summed E-state index contributed by atoms with van der Waals surface area (Å²) in [7, 11) is 3.59. The van der Waals surface area contributed by atoms with Gasteiger partial charge in [-0.05, 0) is 18.3 Å². The SMILES string of the molecule is CN(C)C(=O)CCNC1=NCC2(CCCCC2)CS1. The van der Waals surface area contributed by atoms with E-state index < -0.39 is 0 Å². The normalized spacial score (nSPS) is 21.9. The number of nitrogens with one attached hydrogen (secondary N) is 1. The molecule has 1 spiro atoms. The van der Waals surface area contributed by atoms with Crippen molar-refractivity contribution in [2.75, 3.05) is 32.9 Å². The van der Waals surface area contributed by atoms with E-state index in [2.05, 4.69) is 5.32 Å². The second-order valence-electron chi connectivity index (χ2n) is 5.94. The molecule has 2 aliphatic rings. The van der Waals surface area contributed by atoms with Crippen LogP contribution in [0.15, 0.2) is 4.99 Å². The predicted octanol–water partition coefficient (Wildman–Crippen LogP) is 2.11. The van der Waals surface area contributed by atoms with Crippen LogP contribution in [-0.4, -0.2) is 48.9 Å². The molecule has 1 saturated carbocycles. The molecule has 1 fully saturated rings. The molecule has 108 valence electrons. The van der Waals surface area contributed by atoms with Crippen LogP contribution in [0, 0.1) is 5.41 Å². The highest BCUT2D eigenvalue weighted by Gasteiger charge is 2.34. The van der Waals surface area contributed by atoms with Crippen molar-refractivity contribution in [2.24, 2.45) is 10.4 Å². The molecule has 0 saturated heterocycles. The summed E-state index contributed by atoms with van der Waals surface area (Å²) >= 11 is 1.84. The summed E-state index contributed by atoms with van der Waals surface area (Å²) in [5, 5.41) is 4.33. The first kappa shape index (κ1) is 14.7. The van der Waals surface area contributed by atoms with Gasteiger partial charge in [-0.1, -0.05) is 31.0 Å². The van der Waals surface area contributed by atoms with Gasteiger partial charge < -0.3 is 10.2 Å². The van der Waals surface area contributed by atoms with E-state index in [1.54, 1.807) is 19.0 Å². The summed E-state index contributed by atoms with van der Waals surface area (Å²) in [5.41, 5.74) is 0.480. The van der Waals surface area contributed by atoms with Crippen molar-refractivity contribution < 1.29 is 4.79 Å². The van der Waals surface area contributed by atoms with E-state index in [1.165, 1.54) is 37.9 Å². The quantitative estimate of drug-likeness (QED) is 0.863. The van der Waals surface area contributed by atoms with Crippen LogP contribution in [0.5, 0.6) is 0 Å². The molecule has 0 radical (unpaired) electrons. The minimum Gasteiger partial charge on any atom is -0.364 e. The first-order valence-electron chi connectivity index (χ1n) is 7.23. The van der Waals surface area contributed by atoms with Gasteiger partial charge in [-0.2, -0.15) is 0 Å². The minimum atomic E-state index is 0.165. The Morgan fingerprint density at radius 3 is 2.68 bits per heavy atom. The average Bonchev–Trinajstić information content (AvgIpc) is 2.42. The maximum atomic E-state index is 11.5. The standard InChI is InChI=1S/C14H25N3OS/c1-17(2)12(18)6-9-15-13-16-10-14(11-19-13)7-4-3-5-8-14/h3-11H2,1-2H3,(H,15,16). The van der Waals surface area contributed by atoms with Crippen molar-refractivity contribution in [3.63, 3.8) is 0 Å². The Bertz CT molecular complexity index is 349. The zero-order valence-corrected chi connectivity index (χ0v) is 12.9. The summed E-state index contributed by atoms with van der Waals surface area (Å²) in [5.74, 6) is 1.36. The van der Waals surface area contributed by atoms with Gasteiger partial charge in [0.1, 0.15) is 0 Å². The highest BCUT2D eigenvalue weighted by molar-refractivity contribution is 8.13. The fourth-order valence-corrected chi connectivity index (χ4v) is 3.95. The fourth-order valence-electron chi connectivity index (χ4n) is 2.76. The number of nitrogens with zero attached hydrogens (tertiary/aromatic N) is 2. The largest absolute Gasteiger partial charge is 0.364 e. The molecule has 0 atom stereocenters. The van der Waals surface area contributed by atoms with E-state index in [-0.39, 0.29) is 5.91 Å². The van der Waals surface area contributed by atoms with Gasteiger partial charge in [0.05, 0.1) is 0 Å². The van der Waals surface area contributed by atoms with Crippen LogP contribution in [-0.2, 0) is 4.79 Å². The van der Waals surface area contributed by atoms with Crippen molar-refractivity contribution in [3.05, 3.63) is 0 Å². The molecule has 0 unspecified atom stereocenters. The number of aliphatic imine (C=N–C) groups is 1. The topological polar surface area (TPSA) is 44.7 Å². The molecule has 0 aromatic heterocycles. The van der Waals surface area contributed by atoms with Gasteiger partial charge in [0, 0.05) is 39.4 Å². The lowest BCUT2D eigenvalue weighted by Gasteiger charge is -2.38. The van der Waals surface area contributed by atoms with Crippen LogP contribution in [0.4, 0.5) is 0 Å². The number of rotatable bonds is 3. The van der Waals surface area contributed by atoms with E-state index in [1.807, 2.05) is 11.8 Å². The first-order valence-corrected chi connectivity index (χ1v) is 8.21. The van der Waals surface area contributed by atoms with E-state index in [0.717, 1.165) is 11.7 Å². The number of amidine groups is 1. The molecule has 19 heavy (non-hydrogen) atoms. The second-order valence-corrected chi connectivity index (χ2v) is 6.90. The van der Waals surface area contributed by atoms with Crippen molar-refractivity contribution in [1.29, 1.82) is 0 Å². The first-order chi connectivity index (χ1) is 9.11. The number of amides is 1. The maximum absolute atomic E-state index is 11.5. The molecule has 0 bridgehead atoms. The Hall–Kier alpha value is -0.710. The smallest absolute Gasteiger partial charge is 0.223 e. The molecular formula is C14H25N3OS. The van der Waals surface area contributed by atoms with Crippen LogP contribution >= 0.6 is 11.8 Å². The maximum Gasteiger partial charge on any atom is 0.223 e. The van der Waals surface area contributed by atoms with E-state index in [0.29, 0.717) is 18.4 Å². The fraction of sp³-hybridized carbons (Fsp3) is 0.857. The molecule has 0 aromatic rings. The molecule has 0 aromatic carbocycles. The predicted molar refractivity (Wildman–Crippen MR) is 81.6 cm³/mol. The second kappa shape index (κ2) is 6.64. The minimum absolute atomic E-state index is 0.165. The van der Waals surface area contributed by atoms with E-state index >= 15 is 0 Å². The van der Waals surface area contributed by atoms with Crippen LogP contribution in [0.3, 0.4) is 0 Å². The number of hydrogen-bond acceptors (Lipinski definition) is 4. The van der Waals surface area contributed by atoms with Gasteiger partial charge in [0.2, 0.25) is 5.91 Å². The van der Waals surface area contributed by atoms with E-state index in [9.17, 15) is 4.79 Å². The van der Waals surface area contributed by atoms with Crippen LogP contribution < -0.4 is 5.32 Å². The van der Waals surface area contributed by atoms with Crippen LogP contribution in [0.2, 0.25) is 0 Å². The van der Waals surface area contributed by atoms with Crippen LogP contribution in [0.25, 0.3) is 0 Å². The molecule has 2 rings (SSSR count). The monoisotopic (exact) mass is 283 g/mol. The number of carbonyl (C=O) groups is 1. The van der Waals surface area contributed by atoms with Gasteiger partial charge >= 0.3 is 0 Å². The third kappa shape index (κ3) is 4.13. The lowest BCUT2D eigenvalue weighted by molar-refractivity contribution is -0.128. The lowest BCUT2D eigenvalue weighted by Crippen LogP contribution is -2.37. The average molecular weight is 283 g/mol. The zero-order chi connectivity index (χ0) is 13.7. The highest BCUT2D eigenvalue weighted by Crippen LogP contribution is 2.41. The van der Waals surface area contributed by atoms with Gasteiger partial charge in [0.15, 0.2) is 5.17 Å². The Balaban J connectivity index is 1.73. The third-order valence-electron chi connectivity index (χ3n) is 4.10.